The van der Waals surface area contributed by atoms with E-state index in [1.54, 1.807) is 25.2 Å². The van der Waals surface area contributed by atoms with E-state index in [1.807, 2.05) is 30.3 Å². The Kier molecular flexibility index (Phi) is 5.60. The lowest BCUT2D eigenvalue weighted by molar-refractivity contribution is -0.142. The molecule has 0 aromatic heterocycles. The van der Waals surface area contributed by atoms with Crippen molar-refractivity contribution < 1.29 is 14.3 Å². The van der Waals surface area contributed by atoms with Crippen LogP contribution in [0.5, 0.6) is 5.75 Å². The molecule has 0 spiro atoms. The highest BCUT2D eigenvalue weighted by molar-refractivity contribution is 6.41. The molecule has 2 aromatic carbocycles. The summed E-state index contributed by atoms with van der Waals surface area (Å²) in [6, 6.07) is 14.2. The molecule has 1 N–H and O–H groups in total. The van der Waals surface area contributed by atoms with Gasteiger partial charge in [-0.2, -0.15) is 0 Å². The SMILES string of the molecule is COc1ccc(Cl)c(NC(=O)C(=O)N(C)Cc2ccccc2)c1. The molecule has 6 heteroatoms. The van der Waals surface area contributed by atoms with Gasteiger partial charge in [0.1, 0.15) is 5.75 Å². The molecule has 0 fully saturated rings. The maximum Gasteiger partial charge on any atom is 0.313 e. The van der Waals surface area contributed by atoms with Crippen LogP contribution in [0.2, 0.25) is 5.02 Å². The topological polar surface area (TPSA) is 58.6 Å². The molecule has 23 heavy (non-hydrogen) atoms. The first-order chi connectivity index (χ1) is 11.0. The van der Waals surface area contributed by atoms with Crippen molar-refractivity contribution in [2.24, 2.45) is 0 Å². The van der Waals surface area contributed by atoms with E-state index in [4.69, 9.17) is 16.3 Å². The third kappa shape index (κ3) is 4.47. The van der Waals surface area contributed by atoms with Gasteiger partial charge in [0.15, 0.2) is 0 Å². The molecule has 2 rings (SSSR count). The first kappa shape index (κ1) is 16.8. The van der Waals surface area contributed by atoms with Crippen molar-refractivity contribution in [1.82, 2.24) is 4.90 Å². The molecule has 0 bridgehead atoms. The molecule has 5 nitrogen and oxygen atoms in total. The van der Waals surface area contributed by atoms with E-state index in [0.717, 1.165) is 5.56 Å². The summed E-state index contributed by atoms with van der Waals surface area (Å²) in [6.45, 7) is 0.346. The van der Waals surface area contributed by atoms with Crippen LogP contribution in [0.25, 0.3) is 0 Å². The number of likely N-dealkylation sites (N-methyl/N-ethyl adjacent to an activating group) is 1. The van der Waals surface area contributed by atoms with E-state index in [1.165, 1.54) is 12.0 Å². The van der Waals surface area contributed by atoms with Crippen LogP contribution in [-0.4, -0.2) is 30.9 Å². The Morgan fingerprint density at radius 2 is 1.87 bits per heavy atom. The minimum atomic E-state index is -0.751. The van der Waals surface area contributed by atoms with Crippen molar-refractivity contribution in [2.45, 2.75) is 6.54 Å². The van der Waals surface area contributed by atoms with Gasteiger partial charge in [-0.25, -0.2) is 0 Å². The van der Waals surface area contributed by atoms with Crippen LogP contribution in [0.1, 0.15) is 5.56 Å². The second-order valence-electron chi connectivity index (χ2n) is 4.95. The van der Waals surface area contributed by atoms with Gasteiger partial charge in [-0.15, -0.1) is 0 Å². The minimum absolute atomic E-state index is 0.331. The summed E-state index contributed by atoms with van der Waals surface area (Å²) in [7, 11) is 3.08. The van der Waals surface area contributed by atoms with Gasteiger partial charge >= 0.3 is 11.8 Å². The summed E-state index contributed by atoms with van der Waals surface area (Å²) in [5.41, 5.74) is 1.27. The smallest absolute Gasteiger partial charge is 0.313 e. The van der Waals surface area contributed by atoms with Gasteiger partial charge in [0.2, 0.25) is 0 Å². The summed E-state index contributed by atoms with van der Waals surface area (Å²) < 4.78 is 5.07. The first-order valence-corrected chi connectivity index (χ1v) is 7.33. The van der Waals surface area contributed by atoms with Gasteiger partial charge in [-0.3, -0.25) is 9.59 Å². The summed E-state index contributed by atoms with van der Waals surface area (Å²) in [6.07, 6.45) is 0. The second-order valence-corrected chi connectivity index (χ2v) is 5.35. The number of rotatable bonds is 4. The van der Waals surface area contributed by atoms with Crippen LogP contribution in [0.15, 0.2) is 48.5 Å². The summed E-state index contributed by atoms with van der Waals surface area (Å²) in [4.78, 5) is 25.6. The van der Waals surface area contributed by atoms with Gasteiger partial charge in [0.25, 0.3) is 0 Å². The number of nitrogens with zero attached hydrogens (tertiary/aromatic N) is 1. The Morgan fingerprint density at radius 3 is 2.52 bits per heavy atom. The minimum Gasteiger partial charge on any atom is -0.497 e. The predicted molar refractivity (Wildman–Crippen MR) is 89.5 cm³/mol. The quantitative estimate of drug-likeness (QED) is 0.876. The van der Waals surface area contributed by atoms with Crippen LogP contribution in [0.3, 0.4) is 0 Å². The maximum absolute atomic E-state index is 12.2. The van der Waals surface area contributed by atoms with Crippen LogP contribution >= 0.6 is 11.6 Å². The Morgan fingerprint density at radius 1 is 1.17 bits per heavy atom. The normalized spacial score (nSPS) is 10.0. The Labute approximate surface area is 139 Å². The number of benzene rings is 2. The molecule has 0 aliphatic heterocycles. The van der Waals surface area contributed by atoms with Crippen LogP contribution in [-0.2, 0) is 16.1 Å². The van der Waals surface area contributed by atoms with Gasteiger partial charge in [-0.05, 0) is 17.7 Å². The highest BCUT2D eigenvalue weighted by atomic mass is 35.5. The zero-order valence-corrected chi connectivity index (χ0v) is 13.6. The molecule has 2 aromatic rings. The average molecular weight is 333 g/mol. The predicted octanol–water partition coefficient (Wildman–Crippen LogP) is 2.95. The van der Waals surface area contributed by atoms with Crippen molar-refractivity contribution in [3.05, 3.63) is 59.1 Å². The van der Waals surface area contributed by atoms with Gasteiger partial charge in [0.05, 0.1) is 17.8 Å². The van der Waals surface area contributed by atoms with E-state index in [-0.39, 0.29) is 0 Å². The highest BCUT2D eigenvalue weighted by Gasteiger charge is 2.20. The van der Waals surface area contributed by atoms with E-state index in [2.05, 4.69) is 5.32 Å². The molecule has 0 aliphatic rings. The van der Waals surface area contributed by atoms with Crippen molar-refractivity contribution in [2.75, 3.05) is 19.5 Å². The van der Waals surface area contributed by atoms with E-state index < -0.39 is 11.8 Å². The van der Waals surface area contributed by atoms with Crippen molar-refractivity contribution in [3.63, 3.8) is 0 Å². The molecular formula is C17H17ClN2O3. The fourth-order valence-electron chi connectivity index (χ4n) is 2.01. The van der Waals surface area contributed by atoms with E-state index >= 15 is 0 Å². The Balaban J connectivity index is 2.03. The van der Waals surface area contributed by atoms with Crippen LogP contribution < -0.4 is 10.1 Å². The third-order valence-electron chi connectivity index (χ3n) is 3.23. The molecular weight excluding hydrogens is 316 g/mol. The van der Waals surface area contributed by atoms with Gasteiger partial charge < -0.3 is 15.0 Å². The number of amides is 2. The van der Waals surface area contributed by atoms with E-state index in [9.17, 15) is 9.59 Å². The number of carbonyl (C=O) groups is 2. The van der Waals surface area contributed by atoms with Crippen molar-refractivity contribution in [1.29, 1.82) is 0 Å². The molecule has 0 atom stereocenters. The lowest BCUT2D eigenvalue weighted by atomic mass is 10.2. The Bertz CT molecular complexity index is 704. The molecule has 0 saturated heterocycles. The lowest BCUT2D eigenvalue weighted by Crippen LogP contribution is -2.36. The zero-order chi connectivity index (χ0) is 16.8. The van der Waals surface area contributed by atoms with Gasteiger partial charge in [-0.1, -0.05) is 41.9 Å². The number of hydrogen-bond acceptors (Lipinski definition) is 3. The lowest BCUT2D eigenvalue weighted by Gasteiger charge is -2.17. The monoisotopic (exact) mass is 332 g/mol. The molecule has 0 saturated carbocycles. The maximum atomic E-state index is 12.2. The fourth-order valence-corrected chi connectivity index (χ4v) is 2.17. The van der Waals surface area contributed by atoms with E-state index in [0.29, 0.717) is 23.0 Å². The number of methoxy groups -OCH3 is 1. The standard InChI is InChI=1S/C17H17ClN2O3/c1-20(11-12-6-4-3-5-7-12)17(22)16(21)19-15-10-13(23-2)8-9-14(15)18/h3-10H,11H2,1-2H3,(H,19,21). The summed E-state index contributed by atoms with van der Waals surface area (Å²) >= 11 is 6.02. The number of hydrogen-bond donors (Lipinski definition) is 1. The Hall–Kier alpha value is -2.53. The summed E-state index contributed by atoms with van der Waals surface area (Å²) in [5.74, 6) is -0.860. The number of halogens is 1. The molecule has 2 amide bonds. The van der Waals surface area contributed by atoms with Crippen molar-refractivity contribution >= 4 is 29.1 Å². The third-order valence-corrected chi connectivity index (χ3v) is 3.55. The second kappa shape index (κ2) is 7.65. The number of carbonyl (C=O) groups excluding carboxylic acids is 2. The highest BCUT2D eigenvalue weighted by Crippen LogP contribution is 2.26. The van der Waals surface area contributed by atoms with Crippen LogP contribution in [0, 0.1) is 0 Å². The average Bonchev–Trinajstić information content (AvgIpc) is 2.57. The molecule has 0 unspecified atom stereocenters. The molecule has 0 heterocycles. The number of nitrogens with one attached hydrogen (secondary N) is 1. The summed E-state index contributed by atoms with van der Waals surface area (Å²) in [5, 5.41) is 2.84. The number of anilines is 1. The largest absolute Gasteiger partial charge is 0.497 e. The zero-order valence-electron chi connectivity index (χ0n) is 12.9. The first-order valence-electron chi connectivity index (χ1n) is 6.95. The van der Waals surface area contributed by atoms with Crippen molar-refractivity contribution in [3.8, 4) is 5.75 Å². The van der Waals surface area contributed by atoms with Gasteiger partial charge in [0, 0.05) is 19.7 Å². The molecule has 0 aliphatic carbocycles. The number of ether oxygens (including phenoxy) is 1. The fraction of sp³-hybridized carbons (Fsp3) is 0.176. The van der Waals surface area contributed by atoms with Crippen LogP contribution in [0.4, 0.5) is 5.69 Å². The molecule has 0 radical (unpaired) electrons. The molecule has 120 valence electrons.